The molecule has 9 heteroatoms. The number of hydrogen-bond donors (Lipinski definition) is 2. The zero-order valence-electron chi connectivity index (χ0n) is 11.1. The van der Waals surface area contributed by atoms with Crippen LogP contribution in [-0.2, 0) is 10.2 Å². The topological polar surface area (TPSA) is 75.4 Å². The van der Waals surface area contributed by atoms with Crippen LogP contribution in [-0.4, -0.2) is 34.2 Å². The number of hydrogen-bond acceptors (Lipinski definition) is 3. The predicted octanol–water partition coefficient (Wildman–Crippen LogP) is 1.34. The molecule has 1 aliphatic heterocycles. The molecule has 5 nitrogen and oxygen atoms in total. The first kappa shape index (κ1) is 16.1. The molecule has 1 atom stereocenters. The van der Waals surface area contributed by atoms with Crippen LogP contribution >= 0.6 is 0 Å². The third-order valence-corrected chi connectivity index (χ3v) is 4.73. The van der Waals surface area contributed by atoms with E-state index in [4.69, 9.17) is 5.73 Å². The van der Waals surface area contributed by atoms with Crippen molar-refractivity contribution in [2.75, 3.05) is 23.9 Å². The van der Waals surface area contributed by atoms with Gasteiger partial charge in [0, 0.05) is 12.5 Å². The van der Waals surface area contributed by atoms with Crippen molar-refractivity contribution in [1.29, 1.82) is 0 Å². The van der Waals surface area contributed by atoms with Crippen LogP contribution in [0.5, 0.6) is 0 Å². The number of para-hydroxylation sites is 1. The van der Waals surface area contributed by atoms with Crippen molar-refractivity contribution in [3.05, 3.63) is 29.8 Å². The number of nitrogens with one attached hydrogen (secondary N) is 1. The van der Waals surface area contributed by atoms with Gasteiger partial charge < -0.3 is 5.73 Å². The van der Waals surface area contributed by atoms with Crippen LogP contribution in [0.3, 0.4) is 0 Å². The van der Waals surface area contributed by atoms with Crippen molar-refractivity contribution >= 4 is 15.9 Å². The standard InChI is InChI=1S/C12H16F3N3O2S/c13-12(14,15)8-17-21(19,20)18-7-9(5-6-16)10-3-1-2-4-11(10)18/h1-4,9,17H,5-8,16H2. The molecule has 3 N–H and O–H groups in total. The van der Waals surface area contributed by atoms with E-state index >= 15 is 0 Å². The van der Waals surface area contributed by atoms with Crippen LogP contribution in [0.15, 0.2) is 24.3 Å². The van der Waals surface area contributed by atoms with Gasteiger partial charge in [-0.2, -0.15) is 26.3 Å². The molecule has 0 fully saturated rings. The van der Waals surface area contributed by atoms with Crippen LogP contribution in [0.1, 0.15) is 17.9 Å². The molecule has 0 bridgehead atoms. The van der Waals surface area contributed by atoms with Crippen LogP contribution in [0.4, 0.5) is 18.9 Å². The summed E-state index contributed by atoms with van der Waals surface area (Å²) in [5.41, 5.74) is 6.70. The van der Waals surface area contributed by atoms with Gasteiger partial charge in [-0.05, 0) is 24.6 Å². The van der Waals surface area contributed by atoms with Gasteiger partial charge in [-0.25, -0.2) is 0 Å². The summed E-state index contributed by atoms with van der Waals surface area (Å²) in [5, 5.41) is 0. The molecule has 0 saturated heterocycles. The average Bonchev–Trinajstić information content (AvgIpc) is 2.77. The monoisotopic (exact) mass is 323 g/mol. The fourth-order valence-electron chi connectivity index (χ4n) is 2.38. The van der Waals surface area contributed by atoms with E-state index in [9.17, 15) is 21.6 Å². The minimum atomic E-state index is -4.59. The lowest BCUT2D eigenvalue weighted by atomic mass is 9.98. The van der Waals surface area contributed by atoms with Gasteiger partial charge in [-0.15, -0.1) is 0 Å². The Labute approximate surface area is 121 Å². The highest BCUT2D eigenvalue weighted by atomic mass is 32.2. The van der Waals surface area contributed by atoms with Crippen molar-refractivity contribution in [1.82, 2.24) is 4.72 Å². The van der Waals surface area contributed by atoms with E-state index in [0.717, 1.165) is 9.87 Å². The Kier molecular flexibility index (Phi) is 4.45. The van der Waals surface area contributed by atoms with E-state index in [1.54, 1.807) is 29.0 Å². The molecule has 118 valence electrons. The molecule has 2 rings (SSSR count). The summed E-state index contributed by atoms with van der Waals surface area (Å²) in [4.78, 5) is 0. The van der Waals surface area contributed by atoms with Gasteiger partial charge in [0.05, 0.1) is 5.69 Å². The Balaban J connectivity index is 2.25. The van der Waals surface area contributed by atoms with Crippen LogP contribution in [0.2, 0.25) is 0 Å². The number of fused-ring (bicyclic) bond motifs is 1. The van der Waals surface area contributed by atoms with Crippen LogP contribution in [0, 0.1) is 0 Å². The van der Waals surface area contributed by atoms with E-state index in [0.29, 0.717) is 18.7 Å². The summed E-state index contributed by atoms with van der Waals surface area (Å²) in [6, 6.07) is 6.77. The van der Waals surface area contributed by atoms with Crippen molar-refractivity contribution in [3.8, 4) is 0 Å². The quantitative estimate of drug-likeness (QED) is 0.858. The molecule has 1 unspecified atom stereocenters. The second-order valence-corrected chi connectivity index (χ2v) is 6.49. The van der Waals surface area contributed by atoms with Crippen molar-refractivity contribution in [2.45, 2.75) is 18.5 Å². The van der Waals surface area contributed by atoms with Gasteiger partial charge in [0.25, 0.3) is 0 Å². The van der Waals surface area contributed by atoms with Gasteiger partial charge >= 0.3 is 16.4 Å². The summed E-state index contributed by atoms with van der Waals surface area (Å²) in [7, 11) is -4.24. The number of nitrogens with zero attached hydrogens (tertiary/aromatic N) is 1. The summed E-state index contributed by atoms with van der Waals surface area (Å²) in [6.45, 7) is -1.11. The lowest BCUT2D eigenvalue weighted by Crippen LogP contribution is -2.44. The maximum atomic E-state index is 12.2. The summed E-state index contributed by atoms with van der Waals surface area (Å²) in [5.74, 6) is -0.103. The highest BCUT2D eigenvalue weighted by Crippen LogP contribution is 2.38. The molecule has 1 heterocycles. The molecule has 0 aromatic heterocycles. The van der Waals surface area contributed by atoms with E-state index < -0.39 is 22.9 Å². The number of benzene rings is 1. The number of anilines is 1. The van der Waals surface area contributed by atoms with E-state index in [2.05, 4.69) is 0 Å². The molecule has 1 aromatic rings. The fourth-order valence-corrected chi connectivity index (χ4v) is 3.69. The van der Waals surface area contributed by atoms with Gasteiger partial charge in [0.15, 0.2) is 0 Å². The minimum Gasteiger partial charge on any atom is -0.330 e. The zero-order chi connectivity index (χ0) is 15.7. The van der Waals surface area contributed by atoms with Crippen molar-refractivity contribution < 1.29 is 21.6 Å². The number of halogens is 3. The highest BCUT2D eigenvalue weighted by molar-refractivity contribution is 7.90. The van der Waals surface area contributed by atoms with E-state index in [1.165, 1.54) is 0 Å². The number of alkyl halides is 3. The normalized spacial score (nSPS) is 18.9. The fraction of sp³-hybridized carbons (Fsp3) is 0.500. The predicted molar refractivity (Wildman–Crippen MR) is 73.2 cm³/mol. The first-order valence-electron chi connectivity index (χ1n) is 6.37. The summed E-state index contributed by atoms with van der Waals surface area (Å²) < 4.78 is 63.3. The molecule has 0 spiro atoms. The largest absolute Gasteiger partial charge is 0.402 e. The first-order chi connectivity index (χ1) is 9.74. The molecular weight excluding hydrogens is 307 g/mol. The maximum Gasteiger partial charge on any atom is 0.402 e. The Morgan fingerprint density at radius 3 is 2.62 bits per heavy atom. The maximum absolute atomic E-state index is 12.2. The Bertz CT molecular complexity index is 604. The van der Waals surface area contributed by atoms with E-state index in [1.807, 2.05) is 0 Å². The Hall–Kier alpha value is -1.32. The Morgan fingerprint density at radius 1 is 1.33 bits per heavy atom. The van der Waals surface area contributed by atoms with E-state index in [-0.39, 0.29) is 12.5 Å². The third-order valence-electron chi connectivity index (χ3n) is 3.29. The Morgan fingerprint density at radius 2 is 2.00 bits per heavy atom. The second-order valence-electron chi connectivity index (χ2n) is 4.81. The molecular formula is C12H16F3N3O2S. The lowest BCUT2D eigenvalue weighted by molar-refractivity contribution is -0.121. The third kappa shape index (κ3) is 3.66. The summed E-state index contributed by atoms with van der Waals surface area (Å²) >= 11 is 0. The average molecular weight is 323 g/mol. The second kappa shape index (κ2) is 5.82. The smallest absolute Gasteiger partial charge is 0.330 e. The number of rotatable bonds is 5. The van der Waals surface area contributed by atoms with Gasteiger partial charge in [0.1, 0.15) is 6.54 Å². The molecule has 1 aromatic carbocycles. The molecule has 1 aliphatic rings. The minimum absolute atomic E-state index is 0.101. The molecule has 0 amide bonds. The van der Waals surface area contributed by atoms with Crippen molar-refractivity contribution in [3.63, 3.8) is 0 Å². The van der Waals surface area contributed by atoms with Gasteiger partial charge in [-0.3, -0.25) is 4.31 Å². The molecule has 21 heavy (non-hydrogen) atoms. The number of nitrogens with two attached hydrogens (primary N) is 1. The highest BCUT2D eigenvalue weighted by Gasteiger charge is 2.37. The lowest BCUT2D eigenvalue weighted by Gasteiger charge is -2.21. The van der Waals surface area contributed by atoms with Crippen LogP contribution in [0.25, 0.3) is 0 Å². The van der Waals surface area contributed by atoms with Gasteiger partial charge in [0.2, 0.25) is 0 Å². The molecule has 0 aliphatic carbocycles. The molecule has 0 radical (unpaired) electrons. The van der Waals surface area contributed by atoms with Crippen LogP contribution < -0.4 is 14.8 Å². The summed E-state index contributed by atoms with van der Waals surface area (Å²) in [6.07, 6.45) is -4.02. The zero-order valence-corrected chi connectivity index (χ0v) is 11.9. The first-order valence-corrected chi connectivity index (χ1v) is 7.81. The SMILES string of the molecule is NCCC1CN(S(=O)(=O)NCC(F)(F)F)c2ccccc21. The van der Waals surface area contributed by atoms with Gasteiger partial charge in [-0.1, -0.05) is 18.2 Å². The van der Waals surface area contributed by atoms with Crippen molar-refractivity contribution in [2.24, 2.45) is 5.73 Å². The molecule has 0 saturated carbocycles.